The van der Waals surface area contributed by atoms with Gasteiger partial charge in [-0.15, -0.1) is 0 Å². The topological polar surface area (TPSA) is 38.0 Å². The molecule has 0 radical (unpaired) electrons. The average molecular weight is 239 g/mol. The zero-order chi connectivity index (χ0) is 11.6. The number of rotatable bonds is 5. The molecule has 16 heavy (non-hydrogen) atoms. The summed E-state index contributed by atoms with van der Waals surface area (Å²) < 4.78 is 0. The van der Waals surface area contributed by atoms with E-state index in [1.54, 1.807) is 0 Å². The van der Waals surface area contributed by atoms with Crippen molar-refractivity contribution >= 4 is 23.0 Å². The van der Waals surface area contributed by atoms with E-state index in [0.717, 1.165) is 17.9 Å². The van der Waals surface area contributed by atoms with Gasteiger partial charge in [0.15, 0.2) is 0 Å². The van der Waals surface area contributed by atoms with Gasteiger partial charge in [0.05, 0.1) is 16.4 Å². The predicted molar refractivity (Wildman–Crippen MR) is 70.9 cm³/mol. The van der Waals surface area contributed by atoms with Gasteiger partial charge in [-0.05, 0) is 36.8 Å². The zero-order valence-corrected chi connectivity index (χ0v) is 10.5. The Hall–Kier alpha value is -0.890. The molecule has 2 rings (SSSR count). The molecule has 1 aliphatic carbocycles. The number of nitrogen functional groups attached to an aromatic ring is 1. The smallest absolute Gasteiger partial charge is 0.0763 e. The van der Waals surface area contributed by atoms with Gasteiger partial charge in [0.2, 0.25) is 0 Å². The van der Waals surface area contributed by atoms with Crippen molar-refractivity contribution in [2.45, 2.75) is 32.6 Å². The van der Waals surface area contributed by atoms with Crippen LogP contribution in [0.1, 0.15) is 32.6 Å². The van der Waals surface area contributed by atoms with Crippen molar-refractivity contribution in [3.63, 3.8) is 0 Å². The van der Waals surface area contributed by atoms with E-state index in [2.05, 4.69) is 12.2 Å². The Balaban J connectivity index is 2.00. The van der Waals surface area contributed by atoms with E-state index >= 15 is 0 Å². The number of nitrogens with two attached hydrogens (primary N) is 1. The van der Waals surface area contributed by atoms with Gasteiger partial charge in [0.1, 0.15) is 0 Å². The molecule has 0 spiro atoms. The summed E-state index contributed by atoms with van der Waals surface area (Å²) in [6, 6.07) is 5.63. The lowest BCUT2D eigenvalue weighted by Gasteiger charge is -2.17. The van der Waals surface area contributed by atoms with Gasteiger partial charge in [-0.1, -0.05) is 31.0 Å². The minimum absolute atomic E-state index is 0.514. The lowest BCUT2D eigenvalue weighted by atomic mass is 10.0. The molecule has 1 aromatic rings. The van der Waals surface area contributed by atoms with Gasteiger partial charge in [-0.3, -0.25) is 0 Å². The summed E-state index contributed by atoms with van der Waals surface area (Å²) in [5, 5.41) is 4.13. The van der Waals surface area contributed by atoms with Crippen LogP contribution in [0.5, 0.6) is 0 Å². The molecule has 3 heteroatoms. The van der Waals surface area contributed by atoms with E-state index in [4.69, 9.17) is 17.3 Å². The van der Waals surface area contributed by atoms with Crippen LogP contribution in [0.2, 0.25) is 5.02 Å². The molecule has 0 heterocycles. The second-order valence-corrected chi connectivity index (χ2v) is 5.21. The first-order valence-electron chi connectivity index (χ1n) is 5.95. The molecule has 0 atom stereocenters. The van der Waals surface area contributed by atoms with E-state index < -0.39 is 0 Å². The number of hydrogen-bond donors (Lipinski definition) is 2. The lowest BCUT2D eigenvalue weighted by molar-refractivity contribution is 0.486. The first kappa shape index (κ1) is 11.6. The van der Waals surface area contributed by atoms with Crippen molar-refractivity contribution in [2.75, 3.05) is 17.6 Å². The molecule has 1 aromatic carbocycles. The highest BCUT2D eigenvalue weighted by molar-refractivity contribution is 6.33. The van der Waals surface area contributed by atoms with Crippen LogP contribution >= 0.6 is 11.6 Å². The summed E-state index contributed by atoms with van der Waals surface area (Å²) in [4.78, 5) is 0. The summed E-state index contributed by atoms with van der Waals surface area (Å²) in [5.41, 5.74) is 8.04. The van der Waals surface area contributed by atoms with Crippen molar-refractivity contribution in [3.8, 4) is 0 Å². The third kappa shape index (κ3) is 2.43. The number of hydrogen-bond acceptors (Lipinski definition) is 2. The zero-order valence-electron chi connectivity index (χ0n) is 9.72. The molecule has 3 N–H and O–H groups in total. The molecule has 1 fully saturated rings. The van der Waals surface area contributed by atoms with E-state index in [1.807, 2.05) is 18.2 Å². The van der Waals surface area contributed by atoms with Crippen LogP contribution in [0.3, 0.4) is 0 Å². The van der Waals surface area contributed by atoms with E-state index in [-0.39, 0.29) is 0 Å². The Bertz CT molecular complexity index is 352. The summed E-state index contributed by atoms with van der Waals surface area (Å²) in [7, 11) is 0. The van der Waals surface area contributed by atoms with E-state index in [0.29, 0.717) is 10.4 Å². The maximum atomic E-state index is 6.11. The molecule has 0 saturated heterocycles. The summed E-state index contributed by atoms with van der Waals surface area (Å²) >= 11 is 6.11. The SMILES string of the molecule is CCCC1(CNc2c(N)cccc2Cl)CC1. The molecular formula is C13H19ClN2. The molecular weight excluding hydrogens is 220 g/mol. The fourth-order valence-electron chi connectivity index (χ4n) is 2.23. The molecule has 0 bridgehead atoms. The molecule has 1 aliphatic rings. The van der Waals surface area contributed by atoms with Gasteiger partial charge in [0.25, 0.3) is 0 Å². The number of nitrogens with one attached hydrogen (secondary N) is 1. The lowest BCUT2D eigenvalue weighted by Crippen LogP contribution is -2.16. The highest BCUT2D eigenvalue weighted by Gasteiger charge is 2.41. The highest BCUT2D eigenvalue weighted by Crippen LogP contribution is 2.49. The minimum Gasteiger partial charge on any atom is -0.397 e. The third-order valence-corrected chi connectivity index (χ3v) is 3.74. The van der Waals surface area contributed by atoms with Gasteiger partial charge in [-0.2, -0.15) is 0 Å². The quantitative estimate of drug-likeness (QED) is 0.764. The summed E-state index contributed by atoms with van der Waals surface area (Å²) in [5.74, 6) is 0. The van der Waals surface area contributed by atoms with Crippen LogP contribution in [0.15, 0.2) is 18.2 Å². The molecule has 0 aromatic heterocycles. The number of halogens is 1. The van der Waals surface area contributed by atoms with Crippen LogP contribution in [-0.4, -0.2) is 6.54 Å². The van der Waals surface area contributed by atoms with Gasteiger partial charge in [-0.25, -0.2) is 0 Å². The third-order valence-electron chi connectivity index (χ3n) is 3.42. The second-order valence-electron chi connectivity index (χ2n) is 4.81. The summed E-state index contributed by atoms with van der Waals surface area (Å²) in [6.07, 6.45) is 5.21. The Morgan fingerprint density at radius 3 is 2.75 bits per heavy atom. The number of anilines is 2. The Kier molecular flexibility index (Phi) is 3.29. The maximum absolute atomic E-state index is 6.11. The Morgan fingerprint density at radius 1 is 1.44 bits per heavy atom. The minimum atomic E-state index is 0.514. The fraction of sp³-hybridized carbons (Fsp3) is 0.538. The van der Waals surface area contributed by atoms with E-state index in [9.17, 15) is 0 Å². The summed E-state index contributed by atoms with van der Waals surface area (Å²) in [6.45, 7) is 3.23. The van der Waals surface area contributed by atoms with Crippen LogP contribution in [0.4, 0.5) is 11.4 Å². The highest BCUT2D eigenvalue weighted by atomic mass is 35.5. The first-order chi connectivity index (χ1) is 7.67. The molecule has 0 amide bonds. The monoisotopic (exact) mass is 238 g/mol. The van der Waals surface area contributed by atoms with Crippen LogP contribution in [0, 0.1) is 5.41 Å². The average Bonchev–Trinajstić information content (AvgIpc) is 2.98. The molecule has 0 unspecified atom stereocenters. The standard InChI is InChI=1S/C13H19ClN2/c1-2-6-13(7-8-13)9-16-12-10(14)4-3-5-11(12)15/h3-5,16H,2,6-9,15H2,1H3. The van der Waals surface area contributed by atoms with Crippen molar-refractivity contribution in [2.24, 2.45) is 5.41 Å². The second kappa shape index (κ2) is 4.54. The van der Waals surface area contributed by atoms with Crippen LogP contribution in [0.25, 0.3) is 0 Å². The van der Waals surface area contributed by atoms with Gasteiger partial charge in [0, 0.05) is 6.54 Å². The van der Waals surface area contributed by atoms with Crippen LogP contribution < -0.4 is 11.1 Å². The van der Waals surface area contributed by atoms with Crippen molar-refractivity contribution < 1.29 is 0 Å². The van der Waals surface area contributed by atoms with Crippen molar-refractivity contribution in [1.29, 1.82) is 0 Å². The number of para-hydroxylation sites is 1. The van der Waals surface area contributed by atoms with E-state index in [1.165, 1.54) is 25.7 Å². The largest absolute Gasteiger partial charge is 0.397 e. The molecule has 88 valence electrons. The number of benzene rings is 1. The Morgan fingerprint density at radius 2 is 2.19 bits per heavy atom. The Labute approximate surface area is 102 Å². The fourth-order valence-corrected chi connectivity index (χ4v) is 2.47. The first-order valence-corrected chi connectivity index (χ1v) is 6.32. The van der Waals surface area contributed by atoms with Crippen LogP contribution in [-0.2, 0) is 0 Å². The molecule has 0 aliphatic heterocycles. The van der Waals surface area contributed by atoms with Crippen molar-refractivity contribution in [1.82, 2.24) is 0 Å². The predicted octanol–water partition coefficient (Wildman–Crippen LogP) is 3.91. The van der Waals surface area contributed by atoms with Gasteiger partial charge >= 0.3 is 0 Å². The normalized spacial score (nSPS) is 17.1. The molecule has 1 saturated carbocycles. The van der Waals surface area contributed by atoms with Crippen molar-refractivity contribution in [3.05, 3.63) is 23.2 Å². The van der Waals surface area contributed by atoms with Gasteiger partial charge < -0.3 is 11.1 Å². The molecule has 2 nitrogen and oxygen atoms in total. The maximum Gasteiger partial charge on any atom is 0.0763 e.